The number of ether oxygens (including phenoxy) is 2. The van der Waals surface area contributed by atoms with Crippen LogP contribution in [-0.2, 0) is 14.3 Å². The van der Waals surface area contributed by atoms with E-state index in [1.165, 1.54) is 6.92 Å². The van der Waals surface area contributed by atoms with E-state index in [0.717, 1.165) is 0 Å². The fraction of sp³-hybridized carbons (Fsp3) is 0.211. The molecule has 0 bridgehead atoms. The van der Waals surface area contributed by atoms with E-state index < -0.39 is 18.0 Å². The largest absolute Gasteiger partial charge is 0.493 e. The molecule has 0 saturated carbocycles. The second-order valence-corrected chi connectivity index (χ2v) is 5.23. The molecule has 0 heterocycles. The van der Waals surface area contributed by atoms with Crippen LogP contribution in [0.4, 0.5) is 5.69 Å². The van der Waals surface area contributed by atoms with E-state index in [2.05, 4.69) is 5.32 Å². The van der Waals surface area contributed by atoms with Gasteiger partial charge < -0.3 is 14.8 Å². The number of hydrogen-bond donors (Lipinski definition) is 1. The van der Waals surface area contributed by atoms with Crippen LogP contribution in [0.5, 0.6) is 5.75 Å². The van der Waals surface area contributed by atoms with Crippen LogP contribution < -0.4 is 10.1 Å². The maximum atomic E-state index is 12.0. The highest BCUT2D eigenvalue weighted by Crippen LogP contribution is 2.11. The number of para-hydroxylation sites is 1. The third-order valence-electron chi connectivity index (χ3n) is 3.25. The summed E-state index contributed by atoms with van der Waals surface area (Å²) in [6.45, 7) is 1.65. The average molecular weight is 338 g/mol. The molecule has 6 nitrogen and oxygen atoms in total. The second kappa shape index (κ2) is 9.08. The zero-order valence-electron chi connectivity index (χ0n) is 13.8. The van der Waals surface area contributed by atoms with E-state index in [0.29, 0.717) is 17.0 Å². The number of carbonyl (C=O) groups excluding carboxylic acids is 2. The SMILES string of the molecule is CC(OC(=O)CCOc1ccccc1)C(=O)Nc1cccc(C#N)c1. The fourth-order valence-electron chi connectivity index (χ4n) is 1.99. The minimum Gasteiger partial charge on any atom is -0.493 e. The van der Waals surface area contributed by atoms with Crippen molar-refractivity contribution in [3.63, 3.8) is 0 Å². The Morgan fingerprint density at radius 2 is 1.92 bits per heavy atom. The van der Waals surface area contributed by atoms with Crippen molar-refractivity contribution in [1.29, 1.82) is 5.26 Å². The summed E-state index contributed by atoms with van der Waals surface area (Å²) in [5, 5.41) is 11.5. The van der Waals surface area contributed by atoms with Gasteiger partial charge in [0.05, 0.1) is 24.7 Å². The molecule has 0 spiro atoms. The monoisotopic (exact) mass is 338 g/mol. The molecule has 2 aromatic carbocycles. The summed E-state index contributed by atoms with van der Waals surface area (Å²) >= 11 is 0. The number of nitrogens with zero attached hydrogens (tertiary/aromatic N) is 1. The highest BCUT2D eigenvalue weighted by Gasteiger charge is 2.18. The number of hydrogen-bond acceptors (Lipinski definition) is 5. The maximum Gasteiger partial charge on any atom is 0.310 e. The van der Waals surface area contributed by atoms with Crippen molar-refractivity contribution in [2.45, 2.75) is 19.4 Å². The van der Waals surface area contributed by atoms with Crippen LogP contribution in [-0.4, -0.2) is 24.6 Å². The van der Waals surface area contributed by atoms with Gasteiger partial charge in [0.1, 0.15) is 5.75 Å². The van der Waals surface area contributed by atoms with Crippen LogP contribution in [0.1, 0.15) is 18.9 Å². The van der Waals surface area contributed by atoms with Crippen molar-refractivity contribution in [1.82, 2.24) is 0 Å². The molecule has 0 radical (unpaired) electrons. The molecule has 1 unspecified atom stereocenters. The normalized spacial score (nSPS) is 11.0. The first-order valence-corrected chi connectivity index (χ1v) is 7.77. The first kappa shape index (κ1) is 18.0. The summed E-state index contributed by atoms with van der Waals surface area (Å²) in [4.78, 5) is 23.8. The Hall–Kier alpha value is -3.33. The molecule has 0 aliphatic carbocycles. The molecule has 2 rings (SSSR count). The molecule has 2 aromatic rings. The first-order chi connectivity index (χ1) is 12.1. The number of carbonyl (C=O) groups is 2. The van der Waals surface area contributed by atoms with Gasteiger partial charge in [-0.15, -0.1) is 0 Å². The van der Waals surface area contributed by atoms with E-state index in [-0.39, 0.29) is 13.0 Å². The zero-order chi connectivity index (χ0) is 18.1. The van der Waals surface area contributed by atoms with Crippen LogP contribution in [0.3, 0.4) is 0 Å². The number of nitriles is 1. The standard InChI is InChI=1S/C19H18N2O4/c1-14(19(23)21-16-7-5-6-15(12-16)13-20)25-18(22)10-11-24-17-8-3-2-4-9-17/h2-9,12,14H,10-11H2,1H3,(H,21,23). The molecule has 1 amide bonds. The Bertz CT molecular complexity index is 768. The Labute approximate surface area is 146 Å². The van der Waals surface area contributed by atoms with Gasteiger partial charge in [0.15, 0.2) is 6.10 Å². The molecule has 0 fully saturated rings. The van der Waals surface area contributed by atoms with Gasteiger partial charge in [-0.1, -0.05) is 24.3 Å². The van der Waals surface area contributed by atoms with E-state index >= 15 is 0 Å². The fourth-order valence-corrected chi connectivity index (χ4v) is 1.99. The molecule has 25 heavy (non-hydrogen) atoms. The number of nitrogens with one attached hydrogen (secondary N) is 1. The van der Waals surface area contributed by atoms with Crippen molar-refractivity contribution in [3.8, 4) is 11.8 Å². The summed E-state index contributed by atoms with van der Waals surface area (Å²) in [5.41, 5.74) is 0.903. The topological polar surface area (TPSA) is 88.4 Å². The van der Waals surface area contributed by atoms with E-state index in [9.17, 15) is 9.59 Å². The summed E-state index contributed by atoms with van der Waals surface area (Å²) in [6.07, 6.45) is -0.911. The van der Waals surface area contributed by atoms with Crippen LogP contribution in [0.2, 0.25) is 0 Å². The van der Waals surface area contributed by atoms with Gasteiger partial charge in [-0.2, -0.15) is 5.26 Å². The number of esters is 1. The van der Waals surface area contributed by atoms with Gasteiger partial charge in [0.25, 0.3) is 5.91 Å². The van der Waals surface area contributed by atoms with Crippen molar-refractivity contribution in [3.05, 3.63) is 60.2 Å². The van der Waals surface area contributed by atoms with Crippen molar-refractivity contribution in [2.24, 2.45) is 0 Å². The maximum absolute atomic E-state index is 12.0. The predicted octanol–water partition coefficient (Wildman–Crippen LogP) is 2.90. The molecular formula is C19H18N2O4. The molecule has 128 valence electrons. The third-order valence-corrected chi connectivity index (χ3v) is 3.25. The third kappa shape index (κ3) is 5.99. The summed E-state index contributed by atoms with van der Waals surface area (Å²) in [5.74, 6) is -0.324. The molecule has 0 saturated heterocycles. The lowest BCUT2D eigenvalue weighted by Gasteiger charge is -2.14. The minimum absolute atomic E-state index is 0.0381. The van der Waals surface area contributed by atoms with Crippen molar-refractivity contribution in [2.75, 3.05) is 11.9 Å². The van der Waals surface area contributed by atoms with Crippen LogP contribution in [0.15, 0.2) is 54.6 Å². The minimum atomic E-state index is -0.949. The van der Waals surface area contributed by atoms with Crippen molar-refractivity contribution < 1.29 is 19.1 Å². The predicted molar refractivity (Wildman–Crippen MR) is 91.9 cm³/mol. The van der Waals surface area contributed by atoms with Gasteiger partial charge in [-0.3, -0.25) is 9.59 Å². The Kier molecular flexibility index (Phi) is 6.55. The quantitative estimate of drug-likeness (QED) is 0.784. The number of anilines is 1. The Balaban J connectivity index is 1.76. The van der Waals surface area contributed by atoms with E-state index in [4.69, 9.17) is 14.7 Å². The van der Waals surface area contributed by atoms with Gasteiger partial charge >= 0.3 is 5.97 Å². The lowest BCUT2D eigenvalue weighted by Crippen LogP contribution is -2.30. The lowest BCUT2D eigenvalue weighted by molar-refractivity contribution is -0.153. The summed E-state index contributed by atoms with van der Waals surface area (Å²) < 4.78 is 10.5. The van der Waals surface area contributed by atoms with Gasteiger partial charge in [0.2, 0.25) is 0 Å². The smallest absolute Gasteiger partial charge is 0.310 e. The highest BCUT2D eigenvalue weighted by molar-refractivity contribution is 5.95. The molecule has 0 aliphatic rings. The molecule has 0 aromatic heterocycles. The average Bonchev–Trinajstić information content (AvgIpc) is 2.62. The lowest BCUT2D eigenvalue weighted by atomic mass is 10.2. The van der Waals surface area contributed by atoms with Crippen LogP contribution >= 0.6 is 0 Å². The number of amides is 1. The molecule has 6 heteroatoms. The highest BCUT2D eigenvalue weighted by atomic mass is 16.5. The molecule has 1 N–H and O–H groups in total. The zero-order valence-corrected chi connectivity index (χ0v) is 13.8. The molecule has 1 atom stereocenters. The van der Waals surface area contributed by atoms with Gasteiger partial charge in [-0.25, -0.2) is 0 Å². The molecule has 0 aliphatic heterocycles. The second-order valence-electron chi connectivity index (χ2n) is 5.23. The Morgan fingerprint density at radius 1 is 1.16 bits per heavy atom. The number of benzene rings is 2. The van der Waals surface area contributed by atoms with Crippen LogP contribution in [0.25, 0.3) is 0 Å². The van der Waals surface area contributed by atoms with Crippen molar-refractivity contribution >= 4 is 17.6 Å². The van der Waals surface area contributed by atoms with Gasteiger partial charge in [-0.05, 0) is 37.3 Å². The first-order valence-electron chi connectivity index (χ1n) is 7.77. The summed E-state index contributed by atoms with van der Waals surface area (Å²) in [6, 6.07) is 17.6. The van der Waals surface area contributed by atoms with Gasteiger partial charge in [0, 0.05) is 5.69 Å². The van der Waals surface area contributed by atoms with Crippen LogP contribution in [0, 0.1) is 11.3 Å². The van der Waals surface area contributed by atoms with E-state index in [1.54, 1.807) is 36.4 Å². The Morgan fingerprint density at radius 3 is 2.64 bits per heavy atom. The molecular weight excluding hydrogens is 320 g/mol. The summed E-state index contributed by atoms with van der Waals surface area (Å²) in [7, 11) is 0. The van der Waals surface area contributed by atoms with E-state index in [1.807, 2.05) is 24.3 Å². The number of rotatable bonds is 7.